The molecule has 0 spiro atoms. The Morgan fingerprint density at radius 3 is 2.69 bits per heavy atom. The van der Waals surface area contributed by atoms with Gasteiger partial charge in [-0.3, -0.25) is 10.1 Å². The summed E-state index contributed by atoms with van der Waals surface area (Å²) >= 11 is 0.915. The number of thiazole rings is 1. The highest BCUT2D eigenvalue weighted by Crippen LogP contribution is 2.27. The fraction of sp³-hybridized carbons (Fsp3) is 0.667. The summed E-state index contributed by atoms with van der Waals surface area (Å²) in [6, 6.07) is 0. The molecule has 0 atom stereocenters. The van der Waals surface area contributed by atoms with Crippen LogP contribution in [0.1, 0.15) is 26.7 Å². The molecule has 1 heterocycles. The van der Waals surface area contributed by atoms with Crippen molar-refractivity contribution in [2.45, 2.75) is 32.2 Å². The van der Waals surface area contributed by atoms with E-state index >= 15 is 0 Å². The number of hydrogen-bond acceptors (Lipinski definition) is 6. The Bertz CT molecular complexity index is 363. The molecule has 1 rings (SSSR count). The van der Waals surface area contributed by atoms with Gasteiger partial charge in [-0.1, -0.05) is 13.8 Å². The Hall–Kier alpha value is -1.21. The molecule has 0 fully saturated rings. The van der Waals surface area contributed by atoms with Crippen LogP contribution in [0.15, 0.2) is 6.20 Å². The van der Waals surface area contributed by atoms with Crippen LogP contribution in [0.3, 0.4) is 0 Å². The number of rotatable bonds is 6. The van der Waals surface area contributed by atoms with Gasteiger partial charge in [-0.05, 0) is 24.2 Å². The second-order valence-electron chi connectivity index (χ2n) is 3.58. The van der Waals surface area contributed by atoms with Crippen molar-refractivity contribution >= 4 is 16.3 Å². The molecular formula is C9H15N3O3S. The zero-order valence-corrected chi connectivity index (χ0v) is 10.1. The quantitative estimate of drug-likeness (QED) is 0.611. The van der Waals surface area contributed by atoms with Gasteiger partial charge in [-0.15, -0.1) is 0 Å². The van der Waals surface area contributed by atoms with Crippen LogP contribution in [0.4, 0.5) is 5.00 Å². The molecule has 16 heavy (non-hydrogen) atoms. The van der Waals surface area contributed by atoms with Crippen molar-refractivity contribution in [2.24, 2.45) is 5.73 Å². The van der Waals surface area contributed by atoms with Crippen LogP contribution >= 0.6 is 11.3 Å². The van der Waals surface area contributed by atoms with Crippen LogP contribution in [0.25, 0.3) is 0 Å². The lowest BCUT2D eigenvalue weighted by Gasteiger charge is -2.25. The molecule has 0 aromatic carbocycles. The lowest BCUT2D eigenvalue weighted by molar-refractivity contribution is -0.380. The van der Waals surface area contributed by atoms with E-state index in [1.54, 1.807) is 0 Å². The van der Waals surface area contributed by atoms with Gasteiger partial charge in [0.15, 0.2) is 0 Å². The normalized spacial score (nSPS) is 11.4. The third-order valence-corrected chi connectivity index (χ3v) is 3.41. The average molecular weight is 245 g/mol. The highest BCUT2D eigenvalue weighted by molar-refractivity contribution is 7.16. The van der Waals surface area contributed by atoms with Crippen molar-refractivity contribution in [1.82, 2.24) is 4.98 Å². The SMILES string of the molecule is CCC(N)(CC)COc1ncc([N+](=O)[O-])s1. The van der Waals surface area contributed by atoms with Gasteiger partial charge in [-0.25, -0.2) is 4.98 Å². The van der Waals surface area contributed by atoms with E-state index in [1.165, 1.54) is 6.20 Å². The first-order chi connectivity index (χ1) is 7.50. The minimum absolute atomic E-state index is 0.0226. The summed E-state index contributed by atoms with van der Waals surface area (Å²) in [5, 5.41) is 10.7. The predicted molar refractivity (Wildman–Crippen MR) is 61.8 cm³/mol. The Morgan fingerprint density at radius 1 is 1.62 bits per heavy atom. The van der Waals surface area contributed by atoms with E-state index in [4.69, 9.17) is 10.5 Å². The van der Waals surface area contributed by atoms with Crippen LogP contribution < -0.4 is 10.5 Å². The molecule has 0 bridgehead atoms. The van der Waals surface area contributed by atoms with E-state index in [0.717, 1.165) is 24.2 Å². The summed E-state index contributed by atoms with van der Waals surface area (Å²) in [5.41, 5.74) is 5.64. The van der Waals surface area contributed by atoms with Crippen molar-refractivity contribution < 1.29 is 9.66 Å². The first-order valence-electron chi connectivity index (χ1n) is 5.02. The lowest BCUT2D eigenvalue weighted by Crippen LogP contribution is -2.44. The number of hydrogen-bond donors (Lipinski definition) is 1. The lowest BCUT2D eigenvalue weighted by atomic mass is 9.96. The summed E-state index contributed by atoms with van der Waals surface area (Å²) in [6.07, 6.45) is 2.77. The molecule has 1 aromatic heterocycles. The Balaban J connectivity index is 2.57. The fourth-order valence-corrected chi connectivity index (χ4v) is 1.64. The van der Waals surface area contributed by atoms with E-state index < -0.39 is 4.92 Å². The van der Waals surface area contributed by atoms with Gasteiger partial charge < -0.3 is 10.5 Å². The third kappa shape index (κ3) is 3.14. The topological polar surface area (TPSA) is 91.3 Å². The fourth-order valence-electron chi connectivity index (χ4n) is 1.06. The molecule has 6 nitrogen and oxygen atoms in total. The van der Waals surface area contributed by atoms with E-state index in [9.17, 15) is 10.1 Å². The molecule has 0 saturated heterocycles. The van der Waals surface area contributed by atoms with Crippen LogP contribution in [-0.4, -0.2) is 22.1 Å². The summed E-state index contributed by atoms with van der Waals surface area (Å²) in [4.78, 5) is 13.7. The van der Waals surface area contributed by atoms with Crippen molar-refractivity contribution in [3.8, 4) is 5.19 Å². The molecule has 0 saturated carbocycles. The maximum atomic E-state index is 10.4. The Morgan fingerprint density at radius 2 is 2.25 bits per heavy atom. The van der Waals surface area contributed by atoms with E-state index in [1.807, 2.05) is 13.8 Å². The minimum atomic E-state index is -0.486. The maximum Gasteiger partial charge on any atom is 0.347 e. The van der Waals surface area contributed by atoms with Crippen LogP contribution in [-0.2, 0) is 0 Å². The minimum Gasteiger partial charge on any atom is -0.468 e. The molecule has 90 valence electrons. The summed E-state index contributed by atoms with van der Waals surface area (Å²) in [7, 11) is 0. The van der Waals surface area contributed by atoms with Gasteiger partial charge in [0, 0.05) is 5.54 Å². The summed E-state index contributed by atoms with van der Waals surface area (Å²) < 4.78 is 5.36. The summed E-state index contributed by atoms with van der Waals surface area (Å²) in [5.74, 6) is 0. The smallest absolute Gasteiger partial charge is 0.347 e. The van der Waals surface area contributed by atoms with E-state index in [-0.39, 0.29) is 10.5 Å². The molecule has 0 aliphatic heterocycles. The van der Waals surface area contributed by atoms with Gasteiger partial charge in [0.05, 0.1) is 4.92 Å². The number of nitro groups is 1. The standard InChI is InChI=1S/C9H15N3O3S/c1-3-9(10,4-2)6-15-8-11-5-7(16-8)12(13)14/h5H,3-4,6,10H2,1-2H3. The molecule has 0 amide bonds. The molecule has 0 radical (unpaired) electrons. The zero-order valence-electron chi connectivity index (χ0n) is 9.30. The van der Waals surface area contributed by atoms with Crippen molar-refractivity contribution in [3.05, 3.63) is 16.3 Å². The Labute approximate surface area is 97.6 Å². The number of ether oxygens (including phenoxy) is 1. The largest absolute Gasteiger partial charge is 0.468 e. The monoisotopic (exact) mass is 245 g/mol. The molecule has 0 aliphatic rings. The Kier molecular flexibility index (Phi) is 4.19. The van der Waals surface area contributed by atoms with Gasteiger partial charge in [0.1, 0.15) is 12.8 Å². The molecule has 0 unspecified atom stereocenters. The highest BCUT2D eigenvalue weighted by atomic mass is 32.1. The number of nitrogens with two attached hydrogens (primary N) is 1. The van der Waals surface area contributed by atoms with Crippen LogP contribution in [0.5, 0.6) is 5.19 Å². The average Bonchev–Trinajstić information content (AvgIpc) is 2.75. The first-order valence-corrected chi connectivity index (χ1v) is 5.84. The second kappa shape index (κ2) is 5.22. The second-order valence-corrected chi connectivity index (χ2v) is 4.55. The van der Waals surface area contributed by atoms with Crippen molar-refractivity contribution in [2.75, 3.05) is 6.61 Å². The zero-order chi connectivity index (χ0) is 12.2. The molecule has 0 aliphatic carbocycles. The molecular weight excluding hydrogens is 230 g/mol. The van der Waals surface area contributed by atoms with Crippen molar-refractivity contribution in [3.63, 3.8) is 0 Å². The van der Waals surface area contributed by atoms with Gasteiger partial charge in [0.2, 0.25) is 0 Å². The molecule has 7 heteroatoms. The third-order valence-electron chi connectivity index (χ3n) is 2.54. The van der Waals surface area contributed by atoms with Crippen molar-refractivity contribution in [1.29, 1.82) is 0 Å². The first kappa shape index (κ1) is 12.9. The van der Waals surface area contributed by atoms with Gasteiger partial charge in [-0.2, -0.15) is 0 Å². The van der Waals surface area contributed by atoms with E-state index in [0.29, 0.717) is 11.8 Å². The number of nitrogens with zero attached hydrogens (tertiary/aromatic N) is 2. The summed E-state index contributed by atoms with van der Waals surface area (Å²) in [6.45, 7) is 4.29. The molecule has 2 N–H and O–H groups in total. The molecule has 1 aromatic rings. The highest BCUT2D eigenvalue weighted by Gasteiger charge is 2.22. The number of aromatic nitrogens is 1. The van der Waals surface area contributed by atoms with Gasteiger partial charge >= 0.3 is 5.00 Å². The van der Waals surface area contributed by atoms with Gasteiger partial charge in [0.25, 0.3) is 5.19 Å². The predicted octanol–water partition coefficient (Wildman–Crippen LogP) is 1.95. The van der Waals surface area contributed by atoms with Crippen LogP contribution in [0.2, 0.25) is 0 Å². The van der Waals surface area contributed by atoms with E-state index in [2.05, 4.69) is 4.98 Å². The van der Waals surface area contributed by atoms with Crippen LogP contribution in [0, 0.1) is 10.1 Å². The maximum absolute atomic E-state index is 10.4.